The summed E-state index contributed by atoms with van der Waals surface area (Å²) in [5, 5.41) is 0. The van der Waals surface area contributed by atoms with Gasteiger partial charge in [0.1, 0.15) is 0 Å². The molecule has 1 nitrogen and oxygen atoms in total. The van der Waals surface area contributed by atoms with Crippen LogP contribution in [0.4, 0.5) is 0 Å². The van der Waals surface area contributed by atoms with Crippen molar-refractivity contribution in [1.82, 2.24) is 0 Å². The fourth-order valence-electron chi connectivity index (χ4n) is 1.46. The highest BCUT2D eigenvalue weighted by atomic mass is 79.9. The van der Waals surface area contributed by atoms with Crippen molar-refractivity contribution < 1.29 is 0 Å². The van der Waals surface area contributed by atoms with Gasteiger partial charge in [-0.05, 0) is 31.4 Å². The largest absolute Gasteiger partial charge is 0.324 e. The van der Waals surface area contributed by atoms with Crippen molar-refractivity contribution in [1.29, 1.82) is 0 Å². The van der Waals surface area contributed by atoms with Crippen LogP contribution in [0.1, 0.15) is 36.9 Å². The Hall–Kier alpha value is -0.780. The van der Waals surface area contributed by atoms with Crippen LogP contribution < -0.4 is 5.73 Å². The third kappa shape index (κ3) is 3.37. The average Bonchev–Trinajstić information content (AvgIpc) is 2.22. The Labute approximate surface area is 100 Å². The van der Waals surface area contributed by atoms with Gasteiger partial charge in [-0.25, -0.2) is 0 Å². The Bertz CT molecular complexity index is 387. The number of rotatable bonds is 3. The predicted molar refractivity (Wildman–Crippen MR) is 68.5 cm³/mol. The standard InChI is InChI=1S/C13H16BrN/c1-3-4-5-9-12(15)11-8-6-7-10(2)13(11)14/h6-8,12H,5,9,15H2,1-2H3. The number of halogens is 1. The van der Waals surface area contributed by atoms with Gasteiger partial charge < -0.3 is 5.73 Å². The summed E-state index contributed by atoms with van der Waals surface area (Å²) >= 11 is 3.57. The van der Waals surface area contributed by atoms with Crippen LogP contribution in [0.15, 0.2) is 22.7 Å². The molecular weight excluding hydrogens is 250 g/mol. The minimum atomic E-state index is 0.0696. The van der Waals surface area contributed by atoms with Crippen LogP contribution >= 0.6 is 15.9 Å². The summed E-state index contributed by atoms with van der Waals surface area (Å²) in [6.07, 6.45) is 1.76. The van der Waals surface area contributed by atoms with Gasteiger partial charge in [0.15, 0.2) is 0 Å². The second-order valence-electron chi connectivity index (χ2n) is 3.55. The van der Waals surface area contributed by atoms with E-state index in [1.807, 2.05) is 13.0 Å². The van der Waals surface area contributed by atoms with Gasteiger partial charge in [0.05, 0.1) is 0 Å². The van der Waals surface area contributed by atoms with Gasteiger partial charge in [-0.3, -0.25) is 0 Å². The number of aryl methyl sites for hydroxylation is 1. The second-order valence-corrected chi connectivity index (χ2v) is 4.34. The monoisotopic (exact) mass is 265 g/mol. The van der Waals surface area contributed by atoms with E-state index in [9.17, 15) is 0 Å². The van der Waals surface area contributed by atoms with Crippen LogP contribution in [-0.2, 0) is 0 Å². The highest BCUT2D eigenvalue weighted by molar-refractivity contribution is 9.10. The molecule has 0 aliphatic heterocycles. The predicted octanol–water partition coefficient (Wildman–Crippen LogP) is 3.56. The minimum absolute atomic E-state index is 0.0696. The van der Waals surface area contributed by atoms with Gasteiger partial charge in [0.25, 0.3) is 0 Å². The van der Waals surface area contributed by atoms with Crippen LogP contribution in [0.25, 0.3) is 0 Å². The molecule has 0 aliphatic rings. The van der Waals surface area contributed by atoms with E-state index >= 15 is 0 Å². The summed E-state index contributed by atoms with van der Waals surface area (Å²) in [6.45, 7) is 3.93. The lowest BCUT2D eigenvalue weighted by molar-refractivity contribution is 0.664. The highest BCUT2D eigenvalue weighted by Crippen LogP contribution is 2.27. The molecule has 1 unspecified atom stereocenters. The molecule has 0 aromatic heterocycles. The molecule has 80 valence electrons. The van der Waals surface area contributed by atoms with Crippen LogP contribution in [0.2, 0.25) is 0 Å². The summed E-state index contributed by atoms with van der Waals surface area (Å²) in [4.78, 5) is 0. The van der Waals surface area contributed by atoms with Gasteiger partial charge >= 0.3 is 0 Å². The first-order chi connectivity index (χ1) is 7.16. The Morgan fingerprint density at radius 2 is 2.20 bits per heavy atom. The number of hydrogen-bond donors (Lipinski definition) is 1. The van der Waals surface area contributed by atoms with Crippen LogP contribution in [0.5, 0.6) is 0 Å². The average molecular weight is 266 g/mol. The molecule has 0 bridgehead atoms. The fraction of sp³-hybridized carbons (Fsp3) is 0.385. The molecule has 0 heterocycles. The first-order valence-corrected chi connectivity index (χ1v) is 5.86. The van der Waals surface area contributed by atoms with Crippen LogP contribution in [-0.4, -0.2) is 0 Å². The quantitative estimate of drug-likeness (QED) is 0.832. The zero-order valence-corrected chi connectivity index (χ0v) is 10.8. The zero-order valence-electron chi connectivity index (χ0n) is 9.18. The summed E-state index contributed by atoms with van der Waals surface area (Å²) in [7, 11) is 0. The Kier molecular flexibility index (Phi) is 4.87. The molecule has 1 aromatic carbocycles. The van der Waals surface area contributed by atoms with E-state index in [2.05, 4.69) is 46.8 Å². The lowest BCUT2D eigenvalue weighted by Crippen LogP contribution is -2.10. The van der Waals surface area contributed by atoms with Gasteiger partial charge in [0.2, 0.25) is 0 Å². The molecule has 0 saturated carbocycles. The maximum Gasteiger partial charge on any atom is 0.0315 e. The fourth-order valence-corrected chi connectivity index (χ4v) is 2.02. The molecule has 2 N–H and O–H groups in total. The Balaban J connectivity index is 2.76. The Morgan fingerprint density at radius 3 is 2.87 bits per heavy atom. The van der Waals surface area contributed by atoms with Crippen LogP contribution in [0, 0.1) is 18.8 Å². The molecular formula is C13H16BrN. The molecule has 1 atom stereocenters. The van der Waals surface area contributed by atoms with Crippen molar-refractivity contribution in [2.75, 3.05) is 0 Å². The third-order valence-corrected chi connectivity index (χ3v) is 3.46. The van der Waals surface area contributed by atoms with Gasteiger partial charge in [0, 0.05) is 16.9 Å². The smallest absolute Gasteiger partial charge is 0.0315 e. The molecule has 15 heavy (non-hydrogen) atoms. The van der Waals surface area contributed by atoms with Gasteiger partial charge in [-0.2, -0.15) is 0 Å². The first-order valence-electron chi connectivity index (χ1n) is 5.07. The maximum atomic E-state index is 6.11. The molecule has 0 aliphatic carbocycles. The molecule has 0 radical (unpaired) electrons. The molecule has 1 rings (SSSR count). The zero-order chi connectivity index (χ0) is 11.3. The lowest BCUT2D eigenvalue weighted by atomic mass is 10.0. The van der Waals surface area contributed by atoms with E-state index in [1.165, 1.54) is 11.1 Å². The van der Waals surface area contributed by atoms with Crippen molar-refractivity contribution in [2.24, 2.45) is 5.73 Å². The summed E-state index contributed by atoms with van der Waals surface area (Å²) in [5.74, 6) is 5.92. The van der Waals surface area contributed by atoms with E-state index in [0.717, 1.165) is 17.3 Å². The Morgan fingerprint density at radius 1 is 1.47 bits per heavy atom. The van der Waals surface area contributed by atoms with E-state index in [1.54, 1.807) is 0 Å². The number of nitrogens with two attached hydrogens (primary N) is 1. The van der Waals surface area contributed by atoms with Crippen LogP contribution in [0.3, 0.4) is 0 Å². The summed E-state index contributed by atoms with van der Waals surface area (Å²) in [6, 6.07) is 6.26. The topological polar surface area (TPSA) is 26.0 Å². The van der Waals surface area contributed by atoms with E-state index in [-0.39, 0.29) is 6.04 Å². The van der Waals surface area contributed by atoms with Crippen molar-refractivity contribution >= 4 is 15.9 Å². The van der Waals surface area contributed by atoms with E-state index in [0.29, 0.717) is 0 Å². The second kappa shape index (κ2) is 5.95. The maximum absolute atomic E-state index is 6.11. The molecule has 2 heteroatoms. The number of benzene rings is 1. The molecule has 0 amide bonds. The van der Waals surface area contributed by atoms with Crippen molar-refractivity contribution in [3.63, 3.8) is 0 Å². The van der Waals surface area contributed by atoms with Crippen molar-refractivity contribution in [2.45, 2.75) is 32.7 Å². The number of hydrogen-bond acceptors (Lipinski definition) is 1. The van der Waals surface area contributed by atoms with Gasteiger partial charge in [-0.15, -0.1) is 11.8 Å². The lowest BCUT2D eigenvalue weighted by Gasteiger charge is -2.13. The molecule has 0 fully saturated rings. The van der Waals surface area contributed by atoms with E-state index < -0.39 is 0 Å². The SMILES string of the molecule is CC#CCCC(N)c1cccc(C)c1Br. The molecule has 0 saturated heterocycles. The van der Waals surface area contributed by atoms with E-state index in [4.69, 9.17) is 5.73 Å². The molecule has 1 aromatic rings. The minimum Gasteiger partial charge on any atom is -0.324 e. The van der Waals surface area contributed by atoms with Gasteiger partial charge in [-0.1, -0.05) is 34.1 Å². The normalized spacial score (nSPS) is 11.7. The molecule has 0 spiro atoms. The van der Waals surface area contributed by atoms with Crippen molar-refractivity contribution in [3.8, 4) is 11.8 Å². The first kappa shape index (κ1) is 12.3. The highest BCUT2D eigenvalue weighted by Gasteiger charge is 2.09. The van der Waals surface area contributed by atoms with Crippen molar-refractivity contribution in [3.05, 3.63) is 33.8 Å². The third-order valence-electron chi connectivity index (χ3n) is 2.38. The summed E-state index contributed by atoms with van der Waals surface area (Å²) < 4.78 is 1.13. The summed E-state index contributed by atoms with van der Waals surface area (Å²) in [5.41, 5.74) is 8.51.